The molecule has 2 aliphatic carbocycles. The van der Waals surface area contributed by atoms with Gasteiger partial charge in [-0.2, -0.15) is 5.10 Å². The van der Waals surface area contributed by atoms with Crippen molar-refractivity contribution in [3.05, 3.63) is 142 Å². The van der Waals surface area contributed by atoms with E-state index < -0.39 is 33.2 Å². The number of alkyl halides is 1. The van der Waals surface area contributed by atoms with Crippen molar-refractivity contribution in [2.45, 2.75) is 68.1 Å². The van der Waals surface area contributed by atoms with Crippen molar-refractivity contribution < 1.29 is 22.5 Å². The molecule has 11 heteroatoms. The summed E-state index contributed by atoms with van der Waals surface area (Å²) in [6.45, 7) is 4.19. The van der Waals surface area contributed by atoms with Gasteiger partial charge in [0, 0.05) is 18.5 Å². The quantitative estimate of drug-likeness (QED) is 0.171. The van der Waals surface area contributed by atoms with E-state index in [1.165, 1.54) is 6.20 Å². The Kier molecular flexibility index (Phi) is 7.87. The zero-order valence-corrected chi connectivity index (χ0v) is 28.6. The van der Waals surface area contributed by atoms with Crippen molar-refractivity contribution in [1.82, 2.24) is 14.5 Å². The molecule has 8 nitrogen and oxygen atoms in total. The number of amides is 2. The standard InChI is InChI=1S/C39H37F2N5O3S/c1-38(2)24-49-36-33(23-42-46(36)38)50(48,44-37(47)43-35-30-20-12-19-29(30)34(41)31-21-28(40)22-32(31)35)45-39(25-13-6-3-7-14-25,26-15-8-4-9-16-26)27-17-10-5-11-18-27/h3-11,13-18,23,28H,12,19-22,24H2,1-2H3,(H2,43,44,45,47,48)/t28-,50?/m1/s1. The van der Waals surface area contributed by atoms with Crippen LogP contribution in [0.1, 0.15) is 59.2 Å². The summed E-state index contributed by atoms with van der Waals surface area (Å²) in [4.78, 5) is 14.4. The van der Waals surface area contributed by atoms with E-state index in [0.29, 0.717) is 40.8 Å². The summed E-state index contributed by atoms with van der Waals surface area (Å²) in [5.41, 5.74) is 2.74. The van der Waals surface area contributed by atoms with Gasteiger partial charge < -0.3 is 10.1 Å². The number of aromatic nitrogens is 2. The fourth-order valence-electron chi connectivity index (χ4n) is 7.72. The highest BCUT2D eigenvalue weighted by Gasteiger charge is 2.44. The van der Waals surface area contributed by atoms with Gasteiger partial charge in [0.25, 0.3) is 0 Å². The first-order valence-electron chi connectivity index (χ1n) is 16.8. The Bertz CT molecular complexity index is 2140. The van der Waals surface area contributed by atoms with E-state index in [0.717, 1.165) is 23.1 Å². The Morgan fingerprint density at radius 1 is 0.900 bits per heavy atom. The fraction of sp³-hybridized carbons (Fsp3) is 0.282. The summed E-state index contributed by atoms with van der Waals surface area (Å²) in [5, 5.41) is 7.44. The number of nitrogens with zero attached hydrogens (tertiary/aromatic N) is 3. The van der Waals surface area contributed by atoms with Crippen molar-refractivity contribution in [2.24, 2.45) is 4.36 Å². The summed E-state index contributed by atoms with van der Waals surface area (Å²) in [5.74, 6) is -0.127. The van der Waals surface area contributed by atoms with E-state index in [-0.39, 0.29) is 36.0 Å². The Morgan fingerprint density at radius 3 is 2.06 bits per heavy atom. The molecular formula is C39H37F2N5O3S. The molecule has 5 aromatic rings. The van der Waals surface area contributed by atoms with Gasteiger partial charge in [-0.1, -0.05) is 91.0 Å². The van der Waals surface area contributed by atoms with Gasteiger partial charge in [0.15, 0.2) is 9.92 Å². The molecule has 0 spiro atoms. The number of carbonyl (C=O) groups is 1. The predicted octanol–water partition coefficient (Wildman–Crippen LogP) is 7.63. The second kappa shape index (κ2) is 12.2. The van der Waals surface area contributed by atoms with Crippen molar-refractivity contribution in [1.29, 1.82) is 0 Å². The zero-order valence-electron chi connectivity index (χ0n) is 27.8. The maximum absolute atomic E-state index is 15.9. The minimum atomic E-state index is -3.96. The third-order valence-electron chi connectivity index (χ3n) is 10.0. The summed E-state index contributed by atoms with van der Waals surface area (Å²) >= 11 is 0. The first-order valence-corrected chi connectivity index (χ1v) is 18.4. The molecule has 8 rings (SSSR count). The van der Waals surface area contributed by atoms with Gasteiger partial charge in [0.2, 0.25) is 5.88 Å². The second-order valence-corrected chi connectivity index (χ2v) is 15.7. The van der Waals surface area contributed by atoms with Crippen LogP contribution in [0.3, 0.4) is 0 Å². The van der Waals surface area contributed by atoms with Crippen LogP contribution >= 0.6 is 0 Å². The number of anilines is 1. The molecule has 2 heterocycles. The smallest absolute Gasteiger partial charge is 0.354 e. The molecule has 50 heavy (non-hydrogen) atoms. The van der Waals surface area contributed by atoms with Crippen LogP contribution in [0.4, 0.5) is 19.3 Å². The van der Waals surface area contributed by atoms with Crippen LogP contribution in [0.25, 0.3) is 0 Å². The Hall–Kier alpha value is -4.87. The van der Waals surface area contributed by atoms with Gasteiger partial charge in [0.1, 0.15) is 29.0 Å². The number of fused-ring (bicyclic) bond motifs is 3. The number of urea groups is 1. The number of hydrogen-bond donors (Lipinski definition) is 2. The molecule has 1 aliphatic heterocycles. The molecule has 0 fully saturated rings. The average Bonchev–Trinajstić information content (AvgIpc) is 3.92. The first-order chi connectivity index (χ1) is 24.1. The Balaban J connectivity index is 1.35. The lowest BCUT2D eigenvalue weighted by Gasteiger charge is -2.37. The number of hydrogen-bond acceptors (Lipinski definition) is 4. The minimum Gasteiger partial charge on any atom is -0.474 e. The molecule has 0 bridgehead atoms. The summed E-state index contributed by atoms with van der Waals surface area (Å²) < 4.78 is 61.9. The molecule has 3 aliphatic rings. The molecule has 2 atom stereocenters. The maximum atomic E-state index is 15.9. The van der Waals surface area contributed by atoms with E-state index in [2.05, 4.69) is 19.5 Å². The molecular weight excluding hydrogens is 657 g/mol. The molecule has 0 saturated heterocycles. The highest BCUT2D eigenvalue weighted by atomic mass is 32.2. The lowest BCUT2D eigenvalue weighted by atomic mass is 9.78. The molecule has 4 aromatic carbocycles. The summed E-state index contributed by atoms with van der Waals surface area (Å²) in [6, 6.07) is 27.9. The van der Waals surface area contributed by atoms with E-state index in [1.54, 1.807) is 4.68 Å². The molecule has 1 aromatic heterocycles. The molecule has 256 valence electrons. The topological polar surface area (TPSA) is 97.6 Å². The van der Waals surface area contributed by atoms with E-state index in [1.807, 2.05) is 105 Å². The van der Waals surface area contributed by atoms with Gasteiger partial charge in [-0.05, 0) is 72.1 Å². The first kappa shape index (κ1) is 32.3. The number of benzene rings is 4. The van der Waals surface area contributed by atoms with E-state index in [9.17, 15) is 9.18 Å². The van der Waals surface area contributed by atoms with Crippen LogP contribution in [0.5, 0.6) is 5.88 Å². The van der Waals surface area contributed by atoms with Gasteiger partial charge in [0.05, 0.1) is 11.7 Å². The third-order valence-corrected chi connectivity index (χ3v) is 11.9. The number of carbonyl (C=O) groups excluding carboxylic acids is 1. The fourth-order valence-corrected chi connectivity index (χ4v) is 9.59. The van der Waals surface area contributed by atoms with Crippen molar-refractivity contribution in [2.75, 3.05) is 11.9 Å². The summed E-state index contributed by atoms with van der Waals surface area (Å²) in [7, 11) is -3.96. The lowest BCUT2D eigenvalue weighted by Crippen LogP contribution is -2.48. The number of rotatable bonds is 7. The highest BCUT2D eigenvalue weighted by Crippen LogP contribution is 2.44. The van der Waals surface area contributed by atoms with Crippen LogP contribution in [0.15, 0.2) is 106 Å². The SMILES string of the molecule is CC1(C)COc2c(S(=O)(=NC(=O)Nc3c4c(c(F)c5c3C[C@H](F)C5)CCC4)NC(c3ccccc3)(c3ccccc3)c3ccccc3)cnn21. The number of nitrogens with one attached hydrogen (secondary N) is 2. The zero-order chi connectivity index (χ0) is 34.7. The van der Waals surface area contributed by atoms with Gasteiger partial charge in [-0.15, -0.1) is 4.36 Å². The van der Waals surface area contributed by atoms with Gasteiger partial charge in [-0.25, -0.2) is 27.2 Å². The highest BCUT2D eigenvalue weighted by molar-refractivity contribution is 7.92. The Morgan fingerprint density at radius 2 is 1.46 bits per heavy atom. The van der Waals surface area contributed by atoms with Crippen molar-refractivity contribution in [3.8, 4) is 5.88 Å². The maximum Gasteiger partial charge on any atom is 0.354 e. The van der Waals surface area contributed by atoms with E-state index in [4.69, 9.17) is 4.74 Å². The normalized spacial score (nSPS) is 18.4. The van der Waals surface area contributed by atoms with Gasteiger partial charge in [-0.3, -0.25) is 0 Å². The molecule has 2 amide bonds. The average molecular weight is 694 g/mol. The number of halogens is 2. The van der Waals surface area contributed by atoms with Crippen LogP contribution in [-0.4, -0.2) is 32.8 Å². The molecule has 1 unspecified atom stereocenters. The van der Waals surface area contributed by atoms with Crippen LogP contribution in [-0.2, 0) is 46.7 Å². The van der Waals surface area contributed by atoms with Crippen molar-refractivity contribution in [3.63, 3.8) is 0 Å². The molecule has 0 saturated carbocycles. The third kappa shape index (κ3) is 5.22. The van der Waals surface area contributed by atoms with Crippen LogP contribution < -0.4 is 14.8 Å². The van der Waals surface area contributed by atoms with Gasteiger partial charge >= 0.3 is 6.03 Å². The van der Waals surface area contributed by atoms with Crippen LogP contribution in [0.2, 0.25) is 0 Å². The minimum absolute atomic E-state index is 0.0122. The molecule has 2 N–H and O–H groups in total. The summed E-state index contributed by atoms with van der Waals surface area (Å²) in [6.07, 6.45) is 1.90. The number of ether oxygens (including phenoxy) is 1. The monoisotopic (exact) mass is 693 g/mol. The Labute approximate surface area is 290 Å². The molecule has 0 radical (unpaired) electrons. The van der Waals surface area contributed by atoms with Crippen molar-refractivity contribution >= 4 is 21.6 Å². The lowest BCUT2D eigenvalue weighted by molar-refractivity contribution is 0.258. The second-order valence-electron chi connectivity index (χ2n) is 13.8. The largest absolute Gasteiger partial charge is 0.474 e. The predicted molar refractivity (Wildman–Crippen MR) is 188 cm³/mol. The van der Waals surface area contributed by atoms with E-state index >= 15 is 8.60 Å². The van der Waals surface area contributed by atoms with Crippen LogP contribution in [0, 0.1) is 5.82 Å².